The highest BCUT2D eigenvalue weighted by Gasteiger charge is 2.38. The van der Waals surface area contributed by atoms with Crippen LogP contribution in [0.4, 0.5) is 8.78 Å². The van der Waals surface area contributed by atoms with E-state index in [0.29, 0.717) is 24.8 Å². The van der Waals surface area contributed by atoms with Crippen LogP contribution in [0.2, 0.25) is 0 Å². The van der Waals surface area contributed by atoms with E-state index in [1.54, 1.807) is 0 Å². The lowest BCUT2D eigenvalue weighted by molar-refractivity contribution is -0.122. The summed E-state index contributed by atoms with van der Waals surface area (Å²) in [6.45, 7) is 2.07. The molecule has 0 saturated heterocycles. The van der Waals surface area contributed by atoms with Gasteiger partial charge >= 0.3 is 0 Å². The molecule has 0 heterocycles. The van der Waals surface area contributed by atoms with Crippen molar-refractivity contribution in [2.24, 2.45) is 5.41 Å². The quantitative estimate of drug-likeness (QED) is 0.848. The van der Waals surface area contributed by atoms with Crippen LogP contribution in [0.25, 0.3) is 0 Å². The number of aliphatic hydroxyl groups is 1. The number of halogens is 2. The van der Waals surface area contributed by atoms with Crippen molar-refractivity contribution in [3.8, 4) is 0 Å². The van der Waals surface area contributed by atoms with Gasteiger partial charge in [-0.1, -0.05) is 19.4 Å². The number of aryl methyl sites for hydroxylation is 1. The van der Waals surface area contributed by atoms with Crippen LogP contribution in [0.3, 0.4) is 0 Å². The highest BCUT2D eigenvalue weighted by molar-refractivity contribution is 5.76. The molecule has 1 aliphatic rings. The van der Waals surface area contributed by atoms with E-state index in [0.717, 1.165) is 25.3 Å². The minimum atomic E-state index is -0.856. The standard InChI is InChI=1S/C17H23F2NO2/c1-17(11-21)9-3-5-15(17)20-16(22)6-2-4-12-7-8-13(18)14(19)10-12/h7-8,10,15,21H,2-6,9,11H2,1H3,(H,20,22). The largest absolute Gasteiger partial charge is 0.396 e. The van der Waals surface area contributed by atoms with Gasteiger partial charge in [-0.05, 0) is 43.4 Å². The number of hydrogen-bond donors (Lipinski definition) is 2. The molecule has 0 radical (unpaired) electrons. The number of benzene rings is 1. The SMILES string of the molecule is CC1(CO)CCCC1NC(=O)CCCc1ccc(F)c(F)c1. The Kier molecular flexibility index (Phi) is 5.51. The lowest BCUT2D eigenvalue weighted by atomic mass is 9.85. The smallest absolute Gasteiger partial charge is 0.220 e. The number of nitrogens with one attached hydrogen (secondary N) is 1. The minimum Gasteiger partial charge on any atom is -0.396 e. The molecule has 22 heavy (non-hydrogen) atoms. The predicted octanol–water partition coefficient (Wildman–Crippen LogP) is 2.95. The molecule has 1 aromatic rings. The summed E-state index contributed by atoms with van der Waals surface area (Å²) in [6.07, 6.45) is 4.29. The zero-order valence-electron chi connectivity index (χ0n) is 12.9. The fraction of sp³-hybridized carbons (Fsp3) is 0.588. The van der Waals surface area contributed by atoms with Gasteiger partial charge in [0, 0.05) is 17.9 Å². The molecule has 1 aromatic carbocycles. The number of carbonyl (C=O) groups excluding carboxylic acids is 1. The number of amides is 1. The third kappa shape index (κ3) is 4.03. The third-order valence-corrected chi connectivity index (χ3v) is 4.63. The Morgan fingerprint density at radius 1 is 1.41 bits per heavy atom. The van der Waals surface area contributed by atoms with Gasteiger partial charge in [0.2, 0.25) is 5.91 Å². The van der Waals surface area contributed by atoms with Crippen LogP contribution in [0.5, 0.6) is 0 Å². The molecule has 3 nitrogen and oxygen atoms in total. The second kappa shape index (κ2) is 7.18. The highest BCUT2D eigenvalue weighted by atomic mass is 19.2. The summed E-state index contributed by atoms with van der Waals surface area (Å²) in [6, 6.07) is 3.84. The molecule has 1 fully saturated rings. The van der Waals surface area contributed by atoms with Gasteiger partial charge in [0.25, 0.3) is 0 Å². The Hall–Kier alpha value is -1.49. The Balaban J connectivity index is 1.77. The molecule has 122 valence electrons. The van der Waals surface area contributed by atoms with Crippen LogP contribution < -0.4 is 5.32 Å². The summed E-state index contributed by atoms with van der Waals surface area (Å²) in [7, 11) is 0. The number of aliphatic hydroxyl groups excluding tert-OH is 1. The van der Waals surface area contributed by atoms with Crippen molar-refractivity contribution in [3.63, 3.8) is 0 Å². The van der Waals surface area contributed by atoms with E-state index in [4.69, 9.17) is 0 Å². The first-order valence-electron chi connectivity index (χ1n) is 7.79. The van der Waals surface area contributed by atoms with Crippen molar-refractivity contribution in [2.75, 3.05) is 6.61 Å². The second-order valence-corrected chi connectivity index (χ2v) is 6.43. The maximum absolute atomic E-state index is 13.1. The average molecular weight is 311 g/mol. The van der Waals surface area contributed by atoms with Crippen molar-refractivity contribution >= 4 is 5.91 Å². The van der Waals surface area contributed by atoms with Crippen LogP contribution in [0, 0.1) is 17.0 Å². The summed E-state index contributed by atoms with van der Waals surface area (Å²) in [5.74, 6) is -1.76. The fourth-order valence-corrected chi connectivity index (χ4v) is 3.08. The van der Waals surface area contributed by atoms with Gasteiger partial charge in [-0.3, -0.25) is 4.79 Å². The molecule has 2 atom stereocenters. The van der Waals surface area contributed by atoms with E-state index in [2.05, 4.69) is 5.32 Å². The lowest BCUT2D eigenvalue weighted by Crippen LogP contribution is -2.44. The zero-order valence-corrected chi connectivity index (χ0v) is 12.9. The topological polar surface area (TPSA) is 49.3 Å². The van der Waals surface area contributed by atoms with E-state index >= 15 is 0 Å². The molecule has 0 aromatic heterocycles. The van der Waals surface area contributed by atoms with Crippen molar-refractivity contribution in [1.82, 2.24) is 5.32 Å². The second-order valence-electron chi connectivity index (χ2n) is 6.43. The maximum Gasteiger partial charge on any atom is 0.220 e. The Morgan fingerprint density at radius 2 is 2.18 bits per heavy atom. The van der Waals surface area contributed by atoms with E-state index in [1.807, 2.05) is 6.92 Å². The molecule has 1 amide bonds. The first-order chi connectivity index (χ1) is 10.4. The maximum atomic E-state index is 13.1. The van der Waals surface area contributed by atoms with Crippen LogP contribution in [-0.2, 0) is 11.2 Å². The first kappa shape index (κ1) is 16.9. The van der Waals surface area contributed by atoms with Crippen LogP contribution >= 0.6 is 0 Å². The molecular formula is C17H23F2NO2. The number of carbonyl (C=O) groups is 1. The van der Waals surface area contributed by atoms with Gasteiger partial charge in [-0.2, -0.15) is 0 Å². The van der Waals surface area contributed by atoms with E-state index in [9.17, 15) is 18.7 Å². The van der Waals surface area contributed by atoms with E-state index in [-0.39, 0.29) is 24.0 Å². The Labute approximate surface area is 129 Å². The summed E-state index contributed by atoms with van der Waals surface area (Å²) >= 11 is 0. The normalized spacial score (nSPS) is 24.5. The number of rotatable bonds is 6. The molecule has 2 unspecified atom stereocenters. The van der Waals surface area contributed by atoms with Gasteiger partial charge in [-0.15, -0.1) is 0 Å². The lowest BCUT2D eigenvalue weighted by Gasteiger charge is -2.30. The fourth-order valence-electron chi connectivity index (χ4n) is 3.08. The van der Waals surface area contributed by atoms with Gasteiger partial charge in [0.05, 0.1) is 6.61 Å². The van der Waals surface area contributed by atoms with Crippen molar-refractivity contribution in [3.05, 3.63) is 35.4 Å². The summed E-state index contributed by atoms with van der Waals surface area (Å²) in [4.78, 5) is 12.0. The monoisotopic (exact) mass is 311 g/mol. The van der Waals surface area contributed by atoms with E-state index in [1.165, 1.54) is 12.1 Å². The summed E-state index contributed by atoms with van der Waals surface area (Å²) < 4.78 is 25.9. The average Bonchev–Trinajstić information content (AvgIpc) is 2.84. The Morgan fingerprint density at radius 3 is 2.86 bits per heavy atom. The molecule has 0 aliphatic heterocycles. The zero-order chi connectivity index (χ0) is 16.2. The van der Waals surface area contributed by atoms with Gasteiger partial charge < -0.3 is 10.4 Å². The molecule has 2 rings (SSSR count). The summed E-state index contributed by atoms with van der Waals surface area (Å²) in [5, 5.41) is 12.5. The van der Waals surface area contributed by atoms with Gasteiger partial charge in [0.1, 0.15) is 0 Å². The van der Waals surface area contributed by atoms with Crippen molar-refractivity contribution < 1.29 is 18.7 Å². The summed E-state index contributed by atoms with van der Waals surface area (Å²) in [5.41, 5.74) is 0.461. The first-order valence-corrected chi connectivity index (χ1v) is 7.79. The van der Waals surface area contributed by atoms with Crippen molar-refractivity contribution in [1.29, 1.82) is 0 Å². The van der Waals surface area contributed by atoms with Crippen molar-refractivity contribution in [2.45, 2.75) is 51.5 Å². The molecular weight excluding hydrogens is 288 g/mol. The predicted molar refractivity (Wildman–Crippen MR) is 80.3 cm³/mol. The van der Waals surface area contributed by atoms with Crippen LogP contribution in [-0.4, -0.2) is 23.7 Å². The molecule has 1 saturated carbocycles. The van der Waals surface area contributed by atoms with Crippen LogP contribution in [0.1, 0.15) is 44.6 Å². The molecule has 0 spiro atoms. The minimum absolute atomic E-state index is 0.0215. The van der Waals surface area contributed by atoms with E-state index < -0.39 is 11.6 Å². The van der Waals surface area contributed by atoms with Gasteiger partial charge in [0.15, 0.2) is 11.6 Å². The molecule has 0 bridgehead atoms. The third-order valence-electron chi connectivity index (χ3n) is 4.63. The molecule has 5 heteroatoms. The van der Waals surface area contributed by atoms with Crippen LogP contribution in [0.15, 0.2) is 18.2 Å². The highest BCUT2D eigenvalue weighted by Crippen LogP contribution is 2.37. The molecule has 1 aliphatic carbocycles. The molecule has 2 N–H and O–H groups in total. The number of hydrogen-bond acceptors (Lipinski definition) is 2. The van der Waals surface area contributed by atoms with Gasteiger partial charge in [-0.25, -0.2) is 8.78 Å². The Bertz CT molecular complexity index is 535.